The molecule has 1 aromatic heterocycles. The molecule has 10 heteroatoms. The maximum Gasteiger partial charge on any atom is 0.295 e. The topological polar surface area (TPSA) is 93.4 Å². The van der Waals surface area contributed by atoms with E-state index in [1.54, 1.807) is 49.0 Å². The molecule has 0 saturated heterocycles. The van der Waals surface area contributed by atoms with Crippen LogP contribution in [0.2, 0.25) is 5.02 Å². The number of carbonyl (C=O) groups is 1. The molecule has 4 rings (SSSR count). The Bertz CT molecular complexity index is 1580. The molecule has 186 valence electrons. The van der Waals surface area contributed by atoms with E-state index in [9.17, 15) is 18.0 Å². The number of anilines is 2. The number of amides is 1. The van der Waals surface area contributed by atoms with Crippen molar-refractivity contribution < 1.29 is 13.2 Å². The van der Waals surface area contributed by atoms with Gasteiger partial charge in [0, 0.05) is 12.1 Å². The molecule has 0 aliphatic carbocycles. The minimum absolute atomic E-state index is 0.0106. The lowest BCUT2D eigenvalue weighted by atomic mass is 10.2. The van der Waals surface area contributed by atoms with Gasteiger partial charge in [-0.15, -0.1) is 0 Å². The molecule has 0 fully saturated rings. The molecule has 4 aromatic rings. The maximum absolute atomic E-state index is 13.6. The van der Waals surface area contributed by atoms with Gasteiger partial charge in [0.2, 0.25) is 5.91 Å². The summed E-state index contributed by atoms with van der Waals surface area (Å²) in [7, 11) is -2.40. The molecule has 0 saturated carbocycles. The highest BCUT2D eigenvalue weighted by Gasteiger charge is 2.28. The highest BCUT2D eigenvalue weighted by molar-refractivity contribution is 7.92. The first-order valence-corrected chi connectivity index (χ1v) is 12.9. The summed E-state index contributed by atoms with van der Waals surface area (Å²) in [5.41, 5.74) is 1.98. The molecule has 36 heavy (non-hydrogen) atoms. The van der Waals surface area contributed by atoms with Crippen LogP contribution in [0.15, 0.2) is 88.6 Å². The van der Waals surface area contributed by atoms with Gasteiger partial charge < -0.3 is 5.32 Å². The average Bonchev–Trinajstić information content (AvgIpc) is 3.06. The number of sulfonamides is 1. The summed E-state index contributed by atoms with van der Waals surface area (Å²) < 4.78 is 31.2. The number of para-hydroxylation sites is 1. The number of carbonyl (C=O) groups excluding carboxylic acids is 1. The van der Waals surface area contributed by atoms with Gasteiger partial charge in [0.1, 0.15) is 12.2 Å². The van der Waals surface area contributed by atoms with Gasteiger partial charge in [-0.25, -0.2) is 13.1 Å². The summed E-state index contributed by atoms with van der Waals surface area (Å²) in [5, 5.41) is 3.03. The summed E-state index contributed by atoms with van der Waals surface area (Å²) in [6.07, 6.45) is 0. The predicted molar refractivity (Wildman–Crippen MR) is 142 cm³/mol. The summed E-state index contributed by atoms with van der Waals surface area (Å²) in [5.74, 6) is -0.653. The standard InChI is InChI=1S/C26H25ClN4O4S/c1-18-8-7-11-22(16-18)30(36(34,35)23-14-12-20(27)13-15-23)17-24(32)28-25-19(2)29(3)31(26(25)33)21-9-5-4-6-10-21/h4-16H,17H2,1-3H3,(H,28,32). The Morgan fingerprint density at radius 1 is 0.972 bits per heavy atom. The Labute approximate surface area is 214 Å². The Morgan fingerprint density at radius 2 is 1.64 bits per heavy atom. The number of benzene rings is 3. The number of hydrogen-bond donors (Lipinski definition) is 1. The number of rotatable bonds is 7. The second-order valence-corrected chi connectivity index (χ2v) is 10.6. The van der Waals surface area contributed by atoms with Crippen LogP contribution in [-0.4, -0.2) is 30.2 Å². The SMILES string of the molecule is Cc1cccc(N(CC(=O)Nc2c(C)n(C)n(-c3ccccc3)c2=O)S(=O)(=O)c2ccc(Cl)cc2)c1. The lowest BCUT2D eigenvalue weighted by molar-refractivity contribution is -0.114. The fourth-order valence-corrected chi connectivity index (χ4v) is 5.39. The zero-order chi connectivity index (χ0) is 26.0. The van der Waals surface area contributed by atoms with Gasteiger partial charge in [-0.2, -0.15) is 0 Å². The van der Waals surface area contributed by atoms with E-state index >= 15 is 0 Å². The van der Waals surface area contributed by atoms with Crippen LogP contribution in [0.4, 0.5) is 11.4 Å². The Morgan fingerprint density at radius 3 is 2.28 bits per heavy atom. The molecule has 1 heterocycles. The molecule has 0 aliphatic heterocycles. The number of hydrogen-bond acceptors (Lipinski definition) is 4. The van der Waals surface area contributed by atoms with Crippen molar-refractivity contribution in [3.63, 3.8) is 0 Å². The molecular weight excluding hydrogens is 500 g/mol. The third-order valence-electron chi connectivity index (χ3n) is 5.80. The van der Waals surface area contributed by atoms with Gasteiger partial charge >= 0.3 is 0 Å². The zero-order valence-corrected chi connectivity index (χ0v) is 21.5. The molecule has 0 spiro atoms. The van der Waals surface area contributed by atoms with Gasteiger partial charge in [-0.1, -0.05) is 41.9 Å². The monoisotopic (exact) mass is 524 g/mol. The van der Waals surface area contributed by atoms with E-state index < -0.39 is 28.0 Å². The number of halogens is 1. The largest absolute Gasteiger partial charge is 0.318 e. The third kappa shape index (κ3) is 4.93. The van der Waals surface area contributed by atoms with E-state index in [4.69, 9.17) is 11.6 Å². The minimum Gasteiger partial charge on any atom is -0.318 e. The summed E-state index contributed by atoms with van der Waals surface area (Å²) in [4.78, 5) is 26.3. The molecular formula is C26H25ClN4O4S. The first kappa shape index (κ1) is 25.3. The lowest BCUT2D eigenvalue weighted by Gasteiger charge is -2.24. The molecule has 0 radical (unpaired) electrons. The summed E-state index contributed by atoms with van der Waals surface area (Å²) >= 11 is 5.94. The summed E-state index contributed by atoms with van der Waals surface area (Å²) in [6.45, 7) is 3.00. The van der Waals surface area contributed by atoms with Crippen molar-refractivity contribution in [1.29, 1.82) is 0 Å². The normalized spacial score (nSPS) is 11.3. The van der Waals surface area contributed by atoms with E-state index in [1.807, 2.05) is 31.2 Å². The van der Waals surface area contributed by atoms with Crippen molar-refractivity contribution in [1.82, 2.24) is 9.36 Å². The Balaban J connectivity index is 1.70. The van der Waals surface area contributed by atoms with Crippen LogP contribution in [0, 0.1) is 13.8 Å². The quantitative estimate of drug-likeness (QED) is 0.390. The van der Waals surface area contributed by atoms with Crippen molar-refractivity contribution in [2.24, 2.45) is 7.05 Å². The molecule has 8 nitrogen and oxygen atoms in total. The maximum atomic E-state index is 13.6. The molecule has 1 amide bonds. The number of aryl methyl sites for hydroxylation is 1. The van der Waals surface area contributed by atoms with Crippen molar-refractivity contribution >= 4 is 38.9 Å². The van der Waals surface area contributed by atoms with E-state index in [1.165, 1.54) is 28.9 Å². The number of aromatic nitrogens is 2. The third-order valence-corrected chi connectivity index (χ3v) is 7.84. The predicted octanol–water partition coefficient (Wildman–Crippen LogP) is 4.28. The Hall–Kier alpha value is -3.82. The van der Waals surface area contributed by atoms with Crippen LogP contribution in [-0.2, 0) is 21.9 Å². The van der Waals surface area contributed by atoms with Gasteiger partial charge in [0.05, 0.1) is 22.0 Å². The van der Waals surface area contributed by atoms with Crippen LogP contribution in [0.3, 0.4) is 0 Å². The van der Waals surface area contributed by atoms with E-state index in [0.717, 1.165) is 9.87 Å². The lowest BCUT2D eigenvalue weighted by Crippen LogP contribution is -2.38. The second kappa shape index (κ2) is 10.0. The van der Waals surface area contributed by atoms with E-state index in [0.29, 0.717) is 22.1 Å². The van der Waals surface area contributed by atoms with Gasteiger partial charge in [-0.05, 0) is 67.9 Å². The van der Waals surface area contributed by atoms with Gasteiger partial charge in [0.25, 0.3) is 15.6 Å². The second-order valence-electron chi connectivity index (χ2n) is 8.29. The van der Waals surface area contributed by atoms with Crippen LogP contribution in [0.25, 0.3) is 5.69 Å². The van der Waals surface area contributed by atoms with Crippen LogP contribution in [0.1, 0.15) is 11.3 Å². The van der Waals surface area contributed by atoms with E-state index in [-0.39, 0.29) is 10.6 Å². The van der Waals surface area contributed by atoms with E-state index in [2.05, 4.69) is 5.32 Å². The molecule has 0 atom stereocenters. The van der Waals surface area contributed by atoms with Gasteiger partial charge in [-0.3, -0.25) is 18.6 Å². The Kier molecular flexibility index (Phi) is 7.05. The minimum atomic E-state index is -4.12. The fraction of sp³-hybridized carbons (Fsp3) is 0.154. The van der Waals surface area contributed by atoms with Crippen LogP contribution >= 0.6 is 11.6 Å². The first-order valence-electron chi connectivity index (χ1n) is 11.1. The molecule has 0 bridgehead atoms. The molecule has 0 unspecified atom stereocenters. The average molecular weight is 525 g/mol. The summed E-state index contributed by atoms with van der Waals surface area (Å²) in [6, 6.07) is 21.6. The van der Waals surface area contributed by atoms with Crippen LogP contribution in [0.5, 0.6) is 0 Å². The van der Waals surface area contributed by atoms with Crippen LogP contribution < -0.4 is 15.2 Å². The molecule has 3 aromatic carbocycles. The van der Waals surface area contributed by atoms with Gasteiger partial charge in [0.15, 0.2) is 0 Å². The first-order chi connectivity index (χ1) is 17.1. The fourth-order valence-electron chi connectivity index (χ4n) is 3.85. The molecule has 0 aliphatic rings. The number of nitrogens with zero attached hydrogens (tertiary/aromatic N) is 3. The smallest absolute Gasteiger partial charge is 0.295 e. The molecule has 1 N–H and O–H groups in total. The zero-order valence-electron chi connectivity index (χ0n) is 20.0. The number of nitrogens with one attached hydrogen (secondary N) is 1. The van der Waals surface area contributed by atoms with Crippen molar-refractivity contribution in [2.75, 3.05) is 16.2 Å². The highest BCUT2D eigenvalue weighted by Crippen LogP contribution is 2.26. The van der Waals surface area contributed by atoms with Crippen molar-refractivity contribution in [3.8, 4) is 5.69 Å². The van der Waals surface area contributed by atoms with Crippen molar-refractivity contribution in [3.05, 3.63) is 105 Å². The highest BCUT2D eigenvalue weighted by atomic mass is 35.5. The van der Waals surface area contributed by atoms with Crippen molar-refractivity contribution in [2.45, 2.75) is 18.7 Å².